The second-order valence-corrected chi connectivity index (χ2v) is 7.75. The molecule has 0 aliphatic heterocycles. The molecule has 0 aliphatic carbocycles. The summed E-state index contributed by atoms with van der Waals surface area (Å²) in [5.74, 6) is -0.235. The molecule has 0 saturated carbocycles. The summed E-state index contributed by atoms with van der Waals surface area (Å²) < 4.78 is 7.18. The summed E-state index contributed by atoms with van der Waals surface area (Å²) in [5, 5.41) is 8.98. The highest BCUT2D eigenvalue weighted by Crippen LogP contribution is 2.38. The monoisotopic (exact) mass is 394 g/mol. The molecule has 0 bridgehead atoms. The number of carbonyl (C=O) groups excluding carboxylic acids is 1. The summed E-state index contributed by atoms with van der Waals surface area (Å²) in [6, 6.07) is 18.1. The largest absolute Gasteiger partial charge is 0.466 e. The van der Waals surface area contributed by atoms with E-state index in [2.05, 4.69) is 6.07 Å². The van der Waals surface area contributed by atoms with Crippen molar-refractivity contribution in [3.63, 3.8) is 0 Å². The molecule has 1 aromatic carbocycles. The van der Waals surface area contributed by atoms with Crippen LogP contribution in [-0.4, -0.2) is 22.4 Å². The second kappa shape index (κ2) is 7.90. The van der Waals surface area contributed by atoms with Gasteiger partial charge in [-0.25, -0.2) is 4.68 Å². The summed E-state index contributed by atoms with van der Waals surface area (Å²) in [7, 11) is 0. The molecule has 0 N–H and O–H groups in total. The normalized spacial score (nSPS) is 10.9. The minimum absolute atomic E-state index is 0.196. The average molecular weight is 395 g/mol. The molecule has 4 nitrogen and oxygen atoms in total. The fraction of sp³-hybridized carbons (Fsp3) is 0.143. The highest BCUT2D eigenvalue weighted by molar-refractivity contribution is 7.14. The number of rotatable bonds is 6. The standard InChI is InChI=1S/C21H18N2O2S2/c1-2-25-19(24)14-16-20(17-10-6-12-26-17)22-23(15-8-4-3-5-9-15)21(16)18-11-7-13-27-18/h3-13H,2,14H2,1H3. The maximum Gasteiger partial charge on any atom is 0.310 e. The van der Waals surface area contributed by atoms with Crippen LogP contribution in [0, 0.1) is 0 Å². The van der Waals surface area contributed by atoms with Gasteiger partial charge in [0.15, 0.2) is 0 Å². The van der Waals surface area contributed by atoms with Crippen LogP contribution in [0.3, 0.4) is 0 Å². The van der Waals surface area contributed by atoms with E-state index in [1.54, 1.807) is 22.7 Å². The first-order valence-corrected chi connectivity index (χ1v) is 10.4. The highest BCUT2D eigenvalue weighted by Gasteiger charge is 2.24. The van der Waals surface area contributed by atoms with Gasteiger partial charge >= 0.3 is 5.97 Å². The first kappa shape index (κ1) is 17.7. The van der Waals surface area contributed by atoms with Gasteiger partial charge in [0, 0.05) is 5.56 Å². The minimum Gasteiger partial charge on any atom is -0.466 e. The topological polar surface area (TPSA) is 44.1 Å². The number of para-hydroxylation sites is 1. The van der Waals surface area contributed by atoms with Gasteiger partial charge in [0.2, 0.25) is 0 Å². The van der Waals surface area contributed by atoms with Crippen LogP contribution in [-0.2, 0) is 16.0 Å². The van der Waals surface area contributed by atoms with Crippen LogP contribution in [0.1, 0.15) is 12.5 Å². The number of benzene rings is 1. The number of nitrogens with zero attached hydrogens (tertiary/aromatic N) is 2. The predicted octanol–water partition coefficient (Wildman–Crippen LogP) is 5.43. The summed E-state index contributed by atoms with van der Waals surface area (Å²) in [6.07, 6.45) is 0.196. The maximum absolute atomic E-state index is 12.3. The third-order valence-electron chi connectivity index (χ3n) is 4.12. The summed E-state index contributed by atoms with van der Waals surface area (Å²) in [6.45, 7) is 2.19. The number of aromatic nitrogens is 2. The third-order valence-corrected chi connectivity index (χ3v) is 5.87. The van der Waals surface area contributed by atoms with Crippen LogP contribution in [0.15, 0.2) is 65.4 Å². The SMILES string of the molecule is CCOC(=O)Cc1c(-c2cccs2)nn(-c2ccccc2)c1-c1cccs1. The molecule has 3 heterocycles. The van der Waals surface area contributed by atoms with Crippen molar-refractivity contribution in [3.05, 3.63) is 70.9 Å². The number of esters is 1. The van der Waals surface area contributed by atoms with E-state index in [4.69, 9.17) is 9.84 Å². The van der Waals surface area contributed by atoms with Crippen molar-refractivity contribution in [1.29, 1.82) is 0 Å². The molecule has 0 radical (unpaired) electrons. The molecular formula is C21H18N2O2S2. The lowest BCUT2D eigenvalue weighted by Gasteiger charge is -2.08. The van der Waals surface area contributed by atoms with E-state index in [1.807, 2.05) is 70.9 Å². The van der Waals surface area contributed by atoms with Crippen molar-refractivity contribution in [2.45, 2.75) is 13.3 Å². The number of hydrogen-bond acceptors (Lipinski definition) is 5. The molecule has 0 amide bonds. The molecule has 4 rings (SSSR count). The Balaban J connectivity index is 1.95. The van der Waals surface area contributed by atoms with Crippen molar-refractivity contribution in [2.24, 2.45) is 0 Å². The van der Waals surface area contributed by atoms with Crippen LogP contribution >= 0.6 is 22.7 Å². The van der Waals surface area contributed by atoms with Crippen LogP contribution in [0.5, 0.6) is 0 Å². The van der Waals surface area contributed by atoms with Crippen molar-refractivity contribution >= 4 is 28.6 Å². The molecule has 0 unspecified atom stereocenters. The van der Waals surface area contributed by atoms with Crippen molar-refractivity contribution < 1.29 is 9.53 Å². The molecule has 0 spiro atoms. The Morgan fingerprint density at radius 2 is 1.70 bits per heavy atom. The maximum atomic E-state index is 12.3. The summed E-state index contributed by atoms with van der Waals surface area (Å²) in [4.78, 5) is 14.5. The number of hydrogen-bond donors (Lipinski definition) is 0. The quantitative estimate of drug-likeness (QED) is 0.409. The Hall–Kier alpha value is -2.70. The van der Waals surface area contributed by atoms with Gasteiger partial charge < -0.3 is 4.74 Å². The zero-order valence-corrected chi connectivity index (χ0v) is 16.4. The van der Waals surface area contributed by atoms with Crippen LogP contribution in [0.2, 0.25) is 0 Å². The van der Waals surface area contributed by atoms with Gasteiger partial charge in [0.25, 0.3) is 0 Å². The van der Waals surface area contributed by atoms with Gasteiger partial charge in [0.05, 0.1) is 34.2 Å². The average Bonchev–Trinajstić information content (AvgIpc) is 3.43. The fourth-order valence-corrected chi connectivity index (χ4v) is 4.53. The Morgan fingerprint density at radius 1 is 1.00 bits per heavy atom. The van der Waals surface area contributed by atoms with E-state index in [0.29, 0.717) is 6.61 Å². The molecule has 0 atom stereocenters. The lowest BCUT2D eigenvalue weighted by Crippen LogP contribution is -2.08. The van der Waals surface area contributed by atoms with Gasteiger partial charge in [0.1, 0.15) is 5.69 Å². The lowest BCUT2D eigenvalue weighted by molar-refractivity contribution is -0.142. The number of carbonyl (C=O) groups is 1. The van der Waals surface area contributed by atoms with E-state index in [0.717, 1.165) is 32.4 Å². The van der Waals surface area contributed by atoms with Gasteiger partial charge in [-0.3, -0.25) is 4.79 Å². The number of thiophene rings is 2. The highest BCUT2D eigenvalue weighted by atomic mass is 32.1. The molecule has 0 aliphatic rings. The Kier molecular flexibility index (Phi) is 5.18. The van der Waals surface area contributed by atoms with Crippen molar-refractivity contribution in [1.82, 2.24) is 9.78 Å². The third kappa shape index (κ3) is 3.59. The first-order valence-electron chi connectivity index (χ1n) is 8.68. The zero-order valence-electron chi connectivity index (χ0n) is 14.8. The van der Waals surface area contributed by atoms with Crippen LogP contribution in [0.25, 0.3) is 26.8 Å². The molecule has 3 aromatic heterocycles. The Labute approximate surface area is 165 Å². The van der Waals surface area contributed by atoms with Gasteiger partial charge in [-0.1, -0.05) is 30.3 Å². The molecule has 0 fully saturated rings. The van der Waals surface area contributed by atoms with E-state index in [-0.39, 0.29) is 12.4 Å². The Bertz CT molecular complexity index is 1020. The van der Waals surface area contributed by atoms with E-state index in [1.165, 1.54) is 0 Å². The predicted molar refractivity (Wildman–Crippen MR) is 111 cm³/mol. The lowest BCUT2D eigenvalue weighted by atomic mass is 10.1. The van der Waals surface area contributed by atoms with Crippen molar-refractivity contribution in [3.8, 4) is 26.8 Å². The van der Waals surface area contributed by atoms with Crippen LogP contribution in [0.4, 0.5) is 0 Å². The zero-order chi connectivity index (χ0) is 18.6. The Morgan fingerprint density at radius 3 is 2.33 bits per heavy atom. The van der Waals surface area contributed by atoms with Gasteiger partial charge in [-0.2, -0.15) is 5.10 Å². The number of ether oxygens (including phenoxy) is 1. The molecule has 0 saturated heterocycles. The van der Waals surface area contributed by atoms with Crippen LogP contribution < -0.4 is 0 Å². The molecular weight excluding hydrogens is 376 g/mol. The summed E-state index contributed by atoms with van der Waals surface area (Å²) in [5.41, 5.74) is 3.66. The van der Waals surface area contributed by atoms with Gasteiger partial charge in [-0.05, 0) is 41.9 Å². The van der Waals surface area contributed by atoms with E-state index in [9.17, 15) is 4.79 Å². The van der Waals surface area contributed by atoms with Gasteiger partial charge in [-0.15, -0.1) is 22.7 Å². The molecule has 27 heavy (non-hydrogen) atoms. The van der Waals surface area contributed by atoms with E-state index >= 15 is 0 Å². The second-order valence-electron chi connectivity index (χ2n) is 5.86. The molecule has 4 aromatic rings. The first-order chi connectivity index (χ1) is 13.3. The van der Waals surface area contributed by atoms with Crippen molar-refractivity contribution in [2.75, 3.05) is 6.61 Å². The fourth-order valence-electron chi connectivity index (χ4n) is 3.01. The summed E-state index contributed by atoms with van der Waals surface area (Å²) >= 11 is 3.26. The molecule has 136 valence electrons. The minimum atomic E-state index is -0.235. The molecule has 6 heteroatoms. The van der Waals surface area contributed by atoms with E-state index < -0.39 is 0 Å². The smallest absolute Gasteiger partial charge is 0.310 e.